The zero-order chi connectivity index (χ0) is 18.0. The lowest BCUT2D eigenvalue weighted by atomic mass is 9.86. The van der Waals surface area contributed by atoms with Gasteiger partial charge in [-0.05, 0) is 18.8 Å². The van der Waals surface area contributed by atoms with Crippen LogP contribution in [-0.4, -0.2) is 11.1 Å². The SMILES string of the molecule is CCCCCCCCCCCCC(CC(CC)CCCC)C(=O)O. The van der Waals surface area contributed by atoms with Gasteiger partial charge in [0.05, 0.1) is 5.92 Å². The molecule has 0 bridgehead atoms. The number of unbranched alkanes of at least 4 members (excludes halogenated alkanes) is 10. The number of hydrogen-bond acceptors (Lipinski definition) is 1. The number of aliphatic carboxylic acids is 1. The molecule has 0 rings (SSSR count). The van der Waals surface area contributed by atoms with Gasteiger partial charge in [-0.1, -0.05) is 111 Å². The molecule has 0 heterocycles. The Morgan fingerprint density at radius 2 is 1.21 bits per heavy atom. The van der Waals surface area contributed by atoms with Crippen LogP contribution in [0.2, 0.25) is 0 Å². The summed E-state index contributed by atoms with van der Waals surface area (Å²) < 4.78 is 0. The first-order valence-corrected chi connectivity index (χ1v) is 10.9. The molecule has 2 atom stereocenters. The van der Waals surface area contributed by atoms with E-state index >= 15 is 0 Å². The Balaban J connectivity index is 3.72. The smallest absolute Gasteiger partial charge is 0.306 e. The van der Waals surface area contributed by atoms with Crippen LogP contribution in [-0.2, 0) is 4.79 Å². The highest BCUT2D eigenvalue weighted by Crippen LogP contribution is 2.25. The summed E-state index contributed by atoms with van der Waals surface area (Å²) in [7, 11) is 0. The second-order valence-corrected chi connectivity index (χ2v) is 7.66. The van der Waals surface area contributed by atoms with Crippen molar-refractivity contribution in [1.82, 2.24) is 0 Å². The normalized spacial score (nSPS) is 13.8. The van der Waals surface area contributed by atoms with E-state index < -0.39 is 5.97 Å². The molecule has 2 heteroatoms. The maximum absolute atomic E-state index is 11.5. The predicted octanol–water partition coefficient (Wildman–Crippen LogP) is 7.60. The van der Waals surface area contributed by atoms with Crippen molar-refractivity contribution in [3.05, 3.63) is 0 Å². The molecule has 0 saturated heterocycles. The fourth-order valence-corrected chi connectivity index (χ4v) is 3.60. The van der Waals surface area contributed by atoms with Gasteiger partial charge in [-0.2, -0.15) is 0 Å². The topological polar surface area (TPSA) is 37.3 Å². The van der Waals surface area contributed by atoms with Crippen LogP contribution >= 0.6 is 0 Å². The van der Waals surface area contributed by atoms with Crippen LogP contribution in [0.4, 0.5) is 0 Å². The molecule has 0 fully saturated rings. The molecule has 0 spiro atoms. The van der Waals surface area contributed by atoms with Crippen LogP contribution in [0.3, 0.4) is 0 Å². The summed E-state index contributed by atoms with van der Waals surface area (Å²) in [6.07, 6.45) is 19.7. The van der Waals surface area contributed by atoms with E-state index in [0.29, 0.717) is 5.92 Å². The maximum atomic E-state index is 11.5. The second kappa shape index (κ2) is 17.3. The van der Waals surface area contributed by atoms with E-state index in [4.69, 9.17) is 0 Å². The average molecular weight is 341 g/mol. The summed E-state index contributed by atoms with van der Waals surface area (Å²) >= 11 is 0. The van der Waals surface area contributed by atoms with Crippen molar-refractivity contribution in [2.75, 3.05) is 0 Å². The molecular weight excluding hydrogens is 296 g/mol. The van der Waals surface area contributed by atoms with Crippen LogP contribution in [0.5, 0.6) is 0 Å². The largest absolute Gasteiger partial charge is 0.481 e. The van der Waals surface area contributed by atoms with Crippen molar-refractivity contribution in [3.63, 3.8) is 0 Å². The van der Waals surface area contributed by atoms with E-state index in [1.165, 1.54) is 77.0 Å². The highest BCUT2D eigenvalue weighted by Gasteiger charge is 2.21. The first kappa shape index (κ1) is 23.5. The fraction of sp³-hybridized carbons (Fsp3) is 0.955. The third-order valence-corrected chi connectivity index (χ3v) is 5.42. The predicted molar refractivity (Wildman–Crippen MR) is 106 cm³/mol. The minimum atomic E-state index is -0.569. The minimum absolute atomic E-state index is 0.110. The van der Waals surface area contributed by atoms with Crippen molar-refractivity contribution < 1.29 is 9.90 Å². The maximum Gasteiger partial charge on any atom is 0.306 e. The molecule has 2 nitrogen and oxygen atoms in total. The summed E-state index contributed by atoms with van der Waals surface area (Å²) in [5.74, 6) is -0.0732. The Morgan fingerprint density at radius 3 is 1.67 bits per heavy atom. The molecule has 0 aromatic rings. The van der Waals surface area contributed by atoms with Gasteiger partial charge >= 0.3 is 5.97 Å². The minimum Gasteiger partial charge on any atom is -0.481 e. The Hall–Kier alpha value is -0.530. The second-order valence-electron chi connectivity index (χ2n) is 7.66. The van der Waals surface area contributed by atoms with Crippen LogP contribution in [0.1, 0.15) is 124 Å². The molecule has 0 amide bonds. The van der Waals surface area contributed by atoms with Crippen LogP contribution in [0.25, 0.3) is 0 Å². The Labute approximate surface area is 151 Å². The Morgan fingerprint density at radius 1 is 0.708 bits per heavy atom. The molecule has 0 aliphatic heterocycles. The van der Waals surface area contributed by atoms with Crippen molar-refractivity contribution in [1.29, 1.82) is 0 Å². The Bertz CT molecular complexity index is 275. The van der Waals surface area contributed by atoms with E-state index in [1.807, 2.05) is 0 Å². The summed E-state index contributed by atoms with van der Waals surface area (Å²) in [5, 5.41) is 9.49. The molecular formula is C22H44O2. The van der Waals surface area contributed by atoms with Gasteiger partial charge in [0.2, 0.25) is 0 Å². The average Bonchev–Trinajstić information content (AvgIpc) is 2.58. The molecule has 1 N–H and O–H groups in total. The number of rotatable bonds is 18. The van der Waals surface area contributed by atoms with E-state index in [1.54, 1.807) is 0 Å². The summed E-state index contributed by atoms with van der Waals surface area (Å²) in [5.41, 5.74) is 0. The molecule has 0 aromatic carbocycles. The van der Waals surface area contributed by atoms with E-state index in [2.05, 4.69) is 20.8 Å². The van der Waals surface area contributed by atoms with Gasteiger partial charge < -0.3 is 5.11 Å². The number of carbonyl (C=O) groups is 1. The van der Waals surface area contributed by atoms with Crippen LogP contribution in [0, 0.1) is 11.8 Å². The molecule has 0 saturated carbocycles. The van der Waals surface area contributed by atoms with Gasteiger partial charge in [-0.3, -0.25) is 4.79 Å². The van der Waals surface area contributed by atoms with Gasteiger partial charge in [0, 0.05) is 0 Å². The molecule has 0 radical (unpaired) electrons. The zero-order valence-electron chi connectivity index (χ0n) is 16.8. The molecule has 0 aliphatic carbocycles. The first-order valence-electron chi connectivity index (χ1n) is 10.9. The summed E-state index contributed by atoms with van der Waals surface area (Å²) in [6, 6.07) is 0. The zero-order valence-corrected chi connectivity index (χ0v) is 16.8. The molecule has 144 valence electrons. The van der Waals surface area contributed by atoms with Crippen molar-refractivity contribution in [2.24, 2.45) is 11.8 Å². The summed E-state index contributed by atoms with van der Waals surface area (Å²) in [6.45, 7) is 6.68. The highest BCUT2D eigenvalue weighted by atomic mass is 16.4. The number of carboxylic acids is 1. The van der Waals surface area contributed by atoms with Gasteiger partial charge in [0.1, 0.15) is 0 Å². The van der Waals surface area contributed by atoms with Crippen molar-refractivity contribution >= 4 is 5.97 Å². The Kier molecular flexibility index (Phi) is 16.9. The molecule has 0 aromatic heterocycles. The molecule has 0 aliphatic rings. The van der Waals surface area contributed by atoms with E-state index in [9.17, 15) is 9.90 Å². The lowest BCUT2D eigenvalue weighted by molar-refractivity contribution is -0.142. The lowest BCUT2D eigenvalue weighted by Gasteiger charge is -2.19. The third kappa shape index (κ3) is 13.9. The molecule has 2 unspecified atom stereocenters. The van der Waals surface area contributed by atoms with Gasteiger partial charge in [0.15, 0.2) is 0 Å². The van der Waals surface area contributed by atoms with Crippen molar-refractivity contribution in [2.45, 2.75) is 124 Å². The monoisotopic (exact) mass is 340 g/mol. The van der Waals surface area contributed by atoms with Gasteiger partial charge in [-0.15, -0.1) is 0 Å². The highest BCUT2D eigenvalue weighted by molar-refractivity contribution is 5.69. The third-order valence-electron chi connectivity index (χ3n) is 5.42. The van der Waals surface area contributed by atoms with E-state index in [-0.39, 0.29) is 5.92 Å². The van der Waals surface area contributed by atoms with Crippen LogP contribution < -0.4 is 0 Å². The quantitative estimate of drug-likeness (QED) is 0.261. The van der Waals surface area contributed by atoms with E-state index in [0.717, 1.165) is 25.7 Å². The van der Waals surface area contributed by atoms with Crippen molar-refractivity contribution in [3.8, 4) is 0 Å². The van der Waals surface area contributed by atoms with Gasteiger partial charge in [0.25, 0.3) is 0 Å². The first-order chi connectivity index (χ1) is 11.7. The number of carboxylic acid groups (broad SMARTS) is 1. The van der Waals surface area contributed by atoms with Gasteiger partial charge in [-0.25, -0.2) is 0 Å². The number of hydrogen-bond donors (Lipinski definition) is 1. The molecule has 24 heavy (non-hydrogen) atoms. The fourth-order valence-electron chi connectivity index (χ4n) is 3.60. The summed E-state index contributed by atoms with van der Waals surface area (Å²) in [4.78, 5) is 11.5. The lowest BCUT2D eigenvalue weighted by Crippen LogP contribution is -2.18. The standard InChI is InChI=1S/C22H44O2/c1-4-7-9-10-11-12-13-14-15-16-18-21(22(23)24)19-20(6-3)17-8-5-2/h20-21H,4-19H2,1-3H3,(H,23,24). The van der Waals surface area contributed by atoms with Crippen LogP contribution in [0.15, 0.2) is 0 Å².